The Morgan fingerprint density at radius 2 is 0.950 bits per heavy atom. The Morgan fingerprint density at radius 3 is 1.40 bits per heavy atom. The number of allylic oxidation sites excluding steroid dienone is 1. The van der Waals surface area contributed by atoms with Crippen LogP contribution in [0.25, 0.3) is 0 Å². The van der Waals surface area contributed by atoms with Gasteiger partial charge in [-0.05, 0) is 25.7 Å². The molecule has 0 spiro atoms. The zero-order valence-corrected chi connectivity index (χ0v) is 14.9. The number of unbranched alkanes of at least 4 members (excludes halogenated alkanes) is 12. The molecule has 2 heteroatoms. The Morgan fingerprint density at radius 1 is 0.550 bits per heavy atom. The van der Waals surface area contributed by atoms with Crippen molar-refractivity contribution < 1.29 is 5.11 Å². The van der Waals surface area contributed by atoms with E-state index in [1.54, 1.807) is 0 Å². The van der Waals surface area contributed by atoms with E-state index in [1.807, 2.05) is 0 Å². The Hall–Kier alpha value is 0.180. The van der Waals surface area contributed by atoms with Crippen molar-refractivity contribution >= 4 is 15.9 Å². The van der Waals surface area contributed by atoms with E-state index in [0.717, 1.165) is 6.42 Å². The first-order valence-corrected chi connectivity index (χ1v) is 9.85. The van der Waals surface area contributed by atoms with Crippen LogP contribution in [0.4, 0.5) is 0 Å². The molecule has 0 unspecified atom stereocenters. The van der Waals surface area contributed by atoms with Crippen LogP contribution in [0, 0.1) is 0 Å². The second kappa shape index (κ2) is 19.2. The van der Waals surface area contributed by atoms with Gasteiger partial charge in [-0.25, -0.2) is 0 Å². The fraction of sp³-hybridized carbons (Fsp3) is 0.889. The van der Waals surface area contributed by atoms with E-state index >= 15 is 0 Å². The summed E-state index contributed by atoms with van der Waals surface area (Å²) >= 11 is 3.48. The van der Waals surface area contributed by atoms with Gasteiger partial charge < -0.3 is 5.11 Å². The molecular formula is C18H35BrO. The summed E-state index contributed by atoms with van der Waals surface area (Å²) < 4.78 is 0. The molecule has 0 aliphatic heterocycles. The Bertz CT molecular complexity index is 192. The molecule has 0 saturated carbocycles. The van der Waals surface area contributed by atoms with E-state index in [2.05, 4.69) is 28.1 Å². The van der Waals surface area contributed by atoms with Crippen molar-refractivity contribution in [2.75, 3.05) is 11.9 Å². The summed E-state index contributed by atoms with van der Waals surface area (Å²) in [6, 6.07) is 0. The minimum atomic E-state index is 0.285. The van der Waals surface area contributed by atoms with E-state index < -0.39 is 0 Å². The second-order valence-electron chi connectivity index (χ2n) is 5.70. The van der Waals surface area contributed by atoms with E-state index in [1.165, 1.54) is 88.8 Å². The fourth-order valence-electron chi connectivity index (χ4n) is 2.43. The largest absolute Gasteiger partial charge is 0.396 e. The average molecular weight is 347 g/mol. The summed E-state index contributed by atoms with van der Waals surface area (Å²) in [5.41, 5.74) is 0. The molecule has 20 heavy (non-hydrogen) atoms. The molecule has 0 heterocycles. The van der Waals surface area contributed by atoms with E-state index in [9.17, 15) is 0 Å². The Balaban J connectivity index is 2.96. The molecule has 0 bridgehead atoms. The van der Waals surface area contributed by atoms with Gasteiger partial charge >= 0.3 is 0 Å². The van der Waals surface area contributed by atoms with Crippen LogP contribution in [0.2, 0.25) is 0 Å². The van der Waals surface area contributed by atoms with E-state index in [-0.39, 0.29) is 6.61 Å². The highest BCUT2D eigenvalue weighted by Crippen LogP contribution is 2.12. The lowest BCUT2D eigenvalue weighted by Crippen LogP contribution is -1.83. The van der Waals surface area contributed by atoms with E-state index in [4.69, 9.17) is 5.11 Å². The van der Waals surface area contributed by atoms with Crippen LogP contribution < -0.4 is 0 Å². The molecule has 0 rings (SSSR count). The third-order valence-electron chi connectivity index (χ3n) is 3.72. The first-order valence-electron chi connectivity index (χ1n) is 8.73. The molecule has 1 N–H and O–H groups in total. The average Bonchev–Trinajstić information content (AvgIpc) is 2.47. The third-order valence-corrected chi connectivity index (χ3v) is 4.28. The van der Waals surface area contributed by atoms with Gasteiger partial charge in [0.15, 0.2) is 0 Å². The fourth-order valence-corrected chi connectivity index (χ4v) is 2.83. The molecule has 0 aliphatic carbocycles. The number of halogens is 1. The summed E-state index contributed by atoms with van der Waals surface area (Å²) in [5.74, 6) is 0. The monoisotopic (exact) mass is 346 g/mol. The number of hydrogen-bond donors (Lipinski definition) is 1. The summed E-state index contributed by atoms with van der Waals surface area (Å²) in [7, 11) is 0. The minimum Gasteiger partial charge on any atom is -0.396 e. The van der Waals surface area contributed by atoms with E-state index in [0.29, 0.717) is 0 Å². The van der Waals surface area contributed by atoms with Gasteiger partial charge in [0.2, 0.25) is 0 Å². The van der Waals surface area contributed by atoms with Crippen LogP contribution in [-0.4, -0.2) is 17.0 Å². The maximum atomic E-state index is 8.63. The molecular weight excluding hydrogens is 312 g/mol. The highest BCUT2D eigenvalue weighted by Gasteiger charge is 1.93. The molecule has 0 aromatic rings. The molecule has 0 radical (unpaired) electrons. The smallest absolute Gasteiger partial charge is 0.0465 e. The highest BCUT2D eigenvalue weighted by molar-refractivity contribution is 9.09. The van der Waals surface area contributed by atoms with Crippen LogP contribution in [0.1, 0.15) is 89.9 Å². The molecule has 0 atom stereocenters. The number of rotatable bonds is 16. The number of aliphatic hydroxyl groups is 1. The number of aliphatic hydroxyl groups excluding tert-OH is 1. The van der Waals surface area contributed by atoms with Crippen LogP contribution in [0.3, 0.4) is 0 Å². The topological polar surface area (TPSA) is 20.2 Å². The second-order valence-corrected chi connectivity index (χ2v) is 6.50. The van der Waals surface area contributed by atoms with Crippen molar-refractivity contribution in [3.63, 3.8) is 0 Å². The lowest BCUT2D eigenvalue weighted by atomic mass is 10.0. The SMILES string of the molecule is OCC/C=C/CCCCCCCCCCCCCCBr. The Kier molecular flexibility index (Phi) is 19.4. The maximum Gasteiger partial charge on any atom is 0.0465 e. The summed E-state index contributed by atoms with van der Waals surface area (Å²) in [4.78, 5) is 0. The third kappa shape index (κ3) is 18.2. The summed E-state index contributed by atoms with van der Waals surface area (Å²) in [6.45, 7) is 0.285. The van der Waals surface area contributed by atoms with Gasteiger partial charge in [0, 0.05) is 11.9 Å². The van der Waals surface area contributed by atoms with Crippen LogP contribution in [-0.2, 0) is 0 Å². The quantitative estimate of drug-likeness (QED) is 0.195. The normalized spacial score (nSPS) is 11.5. The number of alkyl halides is 1. The van der Waals surface area contributed by atoms with Gasteiger partial charge in [-0.1, -0.05) is 92.3 Å². The van der Waals surface area contributed by atoms with Crippen LogP contribution in [0.5, 0.6) is 0 Å². The zero-order chi connectivity index (χ0) is 14.7. The summed E-state index contributed by atoms with van der Waals surface area (Å²) in [5, 5.41) is 9.80. The van der Waals surface area contributed by atoms with Gasteiger partial charge in [-0.3, -0.25) is 0 Å². The number of hydrogen-bond acceptors (Lipinski definition) is 1. The standard InChI is InChI=1S/C18H35BrO/c19-17-15-13-11-9-7-5-3-1-2-4-6-8-10-12-14-16-18-20/h12,14,20H,1-11,13,15-18H2/b14-12+. The van der Waals surface area contributed by atoms with Crippen molar-refractivity contribution in [2.24, 2.45) is 0 Å². The van der Waals surface area contributed by atoms with Gasteiger partial charge in [-0.15, -0.1) is 0 Å². The molecule has 120 valence electrons. The van der Waals surface area contributed by atoms with Crippen molar-refractivity contribution in [1.29, 1.82) is 0 Å². The lowest BCUT2D eigenvalue weighted by Gasteiger charge is -2.02. The van der Waals surface area contributed by atoms with Gasteiger partial charge in [0.05, 0.1) is 0 Å². The molecule has 0 aliphatic rings. The minimum absolute atomic E-state index is 0.285. The van der Waals surface area contributed by atoms with Gasteiger partial charge in [0.1, 0.15) is 0 Å². The summed E-state index contributed by atoms with van der Waals surface area (Å²) in [6.07, 6.45) is 23.2. The zero-order valence-electron chi connectivity index (χ0n) is 13.3. The molecule has 0 amide bonds. The van der Waals surface area contributed by atoms with Gasteiger partial charge in [0.25, 0.3) is 0 Å². The molecule has 0 aromatic carbocycles. The highest BCUT2D eigenvalue weighted by atomic mass is 79.9. The first-order chi connectivity index (χ1) is 9.91. The van der Waals surface area contributed by atoms with Crippen molar-refractivity contribution in [3.05, 3.63) is 12.2 Å². The van der Waals surface area contributed by atoms with Crippen LogP contribution >= 0.6 is 15.9 Å². The first kappa shape index (κ1) is 20.2. The lowest BCUT2D eigenvalue weighted by molar-refractivity contribution is 0.302. The molecule has 1 nitrogen and oxygen atoms in total. The van der Waals surface area contributed by atoms with Crippen molar-refractivity contribution in [2.45, 2.75) is 89.9 Å². The predicted molar refractivity (Wildman–Crippen MR) is 94.7 cm³/mol. The molecule has 0 fully saturated rings. The van der Waals surface area contributed by atoms with Gasteiger partial charge in [-0.2, -0.15) is 0 Å². The molecule has 0 aromatic heterocycles. The molecule has 0 saturated heterocycles. The van der Waals surface area contributed by atoms with Crippen molar-refractivity contribution in [1.82, 2.24) is 0 Å². The van der Waals surface area contributed by atoms with Crippen molar-refractivity contribution in [3.8, 4) is 0 Å². The Labute approximate surface area is 135 Å². The van der Waals surface area contributed by atoms with Crippen LogP contribution in [0.15, 0.2) is 12.2 Å². The predicted octanol–water partition coefficient (Wildman–Crippen LogP) is 6.39. The maximum absolute atomic E-state index is 8.63.